The third kappa shape index (κ3) is 4.75. The van der Waals surface area contributed by atoms with Gasteiger partial charge in [0.1, 0.15) is 6.61 Å². The summed E-state index contributed by atoms with van der Waals surface area (Å²) in [6.07, 6.45) is 2.47. The summed E-state index contributed by atoms with van der Waals surface area (Å²) >= 11 is 0. The lowest BCUT2D eigenvalue weighted by Crippen LogP contribution is -2.27. The molecule has 16 heavy (non-hydrogen) atoms. The molecule has 1 aromatic carbocycles. The van der Waals surface area contributed by atoms with Gasteiger partial charge in [-0.25, -0.2) is 0 Å². The Hall–Kier alpha value is -1.61. The molecule has 0 saturated heterocycles. The molecule has 86 valence electrons. The highest BCUT2D eigenvalue weighted by Gasteiger charge is 2.10. The van der Waals surface area contributed by atoms with Gasteiger partial charge in [0.2, 0.25) is 0 Å². The minimum atomic E-state index is -0.275. The van der Waals surface area contributed by atoms with E-state index in [2.05, 4.69) is 6.58 Å². The zero-order chi connectivity index (χ0) is 11.8. The molecule has 0 aliphatic rings. The summed E-state index contributed by atoms with van der Waals surface area (Å²) in [5.74, 6) is -0.275. The Morgan fingerprint density at radius 1 is 1.44 bits per heavy atom. The van der Waals surface area contributed by atoms with E-state index in [-0.39, 0.29) is 25.0 Å². The first-order valence-electron chi connectivity index (χ1n) is 5.28. The molecule has 0 radical (unpaired) electrons. The Morgan fingerprint density at radius 3 is 2.75 bits per heavy atom. The van der Waals surface area contributed by atoms with Gasteiger partial charge in [-0.3, -0.25) is 4.79 Å². The van der Waals surface area contributed by atoms with E-state index in [1.807, 2.05) is 30.3 Å². The zero-order valence-corrected chi connectivity index (χ0v) is 9.26. The van der Waals surface area contributed by atoms with Crippen LogP contribution in [0.3, 0.4) is 0 Å². The Bertz CT molecular complexity index is 335. The van der Waals surface area contributed by atoms with Crippen LogP contribution in [-0.4, -0.2) is 18.6 Å². The molecule has 0 amide bonds. The molecule has 0 unspecified atom stereocenters. The molecule has 0 aromatic heterocycles. The number of hydrogen-bond acceptors (Lipinski definition) is 3. The quantitative estimate of drug-likeness (QED) is 0.585. The van der Waals surface area contributed by atoms with Crippen LogP contribution in [0.2, 0.25) is 0 Å². The number of rotatable bonds is 6. The van der Waals surface area contributed by atoms with Crippen molar-refractivity contribution in [2.75, 3.05) is 6.61 Å². The molecule has 0 aliphatic carbocycles. The van der Waals surface area contributed by atoms with Crippen molar-refractivity contribution in [2.24, 2.45) is 5.73 Å². The van der Waals surface area contributed by atoms with Crippen LogP contribution < -0.4 is 5.73 Å². The molecule has 1 atom stereocenters. The monoisotopic (exact) mass is 219 g/mol. The maximum Gasteiger partial charge on any atom is 0.307 e. The van der Waals surface area contributed by atoms with E-state index in [9.17, 15) is 4.79 Å². The Kier molecular flexibility index (Phi) is 5.29. The summed E-state index contributed by atoms with van der Waals surface area (Å²) in [5, 5.41) is 0. The zero-order valence-electron chi connectivity index (χ0n) is 9.26. The number of esters is 1. The standard InChI is InChI=1S/C13H17NO2/c1-2-8-16-13(15)10-12(14)9-11-6-4-3-5-7-11/h2-7,12H,1,8-10,14H2/t12-/m0/s1. The van der Waals surface area contributed by atoms with Gasteiger partial charge in [-0.2, -0.15) is 0 Å². The number of benzene rings is 1. The molecule has 0 aliphatic heterocycles. The smallest absolute Gasteiger partial charge is 0.307 e. The first kappa shape index (κ1) is 12.5. The molecule has 3 nitrogen and oxygen atoms in total. The van der Waals surface area contributed by atoms with E-state index in [4.69, 9.17) is 10.5 Å². The molecule has 0 bridgehead atoms. The van der Waals surface area contributed by atoms with Gasteiger partial charge in [-0.05, 0) is 12.0 Å². The summed E-state index contributed by atoms with van der Waals surface area (Å²) in [6.45, 7) is 3.72. The summed E-state index contributed by atoms with van der Waals surface area (Å²) in [5.41, 5.74) is 6.98. The van der Waals surface area contributed by atoms with Crippen LogP contribution >= 0.6 is 0 Å². The molecule has 0 heterocycles. The van der Waals surface area contributed by atoms with Gasteiger partial charge in [-0.1, -0.05) is 43.0 Å². The van der Waals surface area contributed by atoms with E-state index in [0.29, 0.717) is 6.42 Å². The fourth-order valence-corrected chi connectivity index (χ4v) is 1.41. The second-order valence-corrected chi connectivity index (χ2v) is 3.63. The second kappa shape index (κ2) is 6.80. The molecular formula is C13H17NO2. The van der Waals surface area contributed by atoms with Crippen LogP contribution in [0, 0.1) is 0 Å². The molecule has 0 fully saturated rings. The van der Waals surface area contributed by atoms with Crippen molar-refractivity contribution < 1.29 is 9.53 Å². The lowest BCUT2D eigenvalue weighted by Gasteiger charge is -2.10. The van der Waals surface area contributed by atoms with E-state index in [0.717, 1.165) is 5.56 Å². The third-order valence-electron chi connectivity index (χ3n) is 2.13. The average molecular weight is 219 g/mol. The number of hydrogen-bond donors (Lipinski definition) is 1. The number of carbonyl (C=O) groups is 1. The van der Waals surface area contributed by atoms with Crippen LogP contribution in [0.4, 0.5) is 0 Å². The predicted octanol–water partition coefficient (Wildman–Crippen LogP) is 1.68. The van der Waals surface area contributed by atoms with Crippen molar-refractivity contribution >= 4 is 5.97 Å². The normalized spacial score (nSPS) is 11.8. The minimum absolute atomic E-state index is 0.195. The highest BCUT2D eigenvalue weighted by atomic mass is 16.5. The maximum absolute atomic E-state index is 11.3. The molecule has 1 rings (SSSR count). The lowest BCUT2D eigenvalue weighted by molar-refractivity contribution is -0.142. The topological polar surface area (TPSA) is 52.3 Å². The number of nitrogens with two attached hydrogens (primary N) is 1. The maximum atomic E-state index is 11.3. The Labute approximate surface area is 95.9 Å². The van der Waals surface area contributed by atoms with Crippen LogP contribution in [0.5, 0.6) is 0 Å². The van der Waals surface area contributed by atoms with Crippen molar-refractivity contribution in [1.82, 2.24) is 0 Å². The van der Waals surface area contributed by atoms with Gasteiger partial charge in [0, 0.05) is 6.04 Å². The highest BCUT2D eigenvalue weighted by molar-refractivity contribution is 5.70. The second-order valence-electron chi connectivity index (χ2n) is 3.63. The fraction of sp³-hybridized carbons (Fsp3) is 0.308. The lowest BCUT2D eigenvalue weighted by atomic mass is 10.0. The van der Waals surface area contributed by atoms with E-state index in [1.165, 1.54) is 0 Å². The van der Waals surface area contributed by atoms with Crippen molar-refractivity contribution in [3.63, 3.8) is 0 Å². The van der Waals surface area contributed by atoms with Gasteiger partial charge in [-0.15, -0.1) is 0 Å². The van der Waals surface area contributed by atoms with Gasteiger partial charge in [0.25, 0.3) is 0 Å². The summed E-state index contributed by atoms with van der Waals surface area (Å²) in [6, 6.07) is 9.66. The van der Waals surface area contributed by atoms with Gasteiger partial charge >= 0.3 is 5.97 Å². The van der Waals surface area contributed by atoms with E-state index >= 15 is 0 Å². The van der Waals surface area contributed by atoms with Crippen molar-refractivity contribution in [3.05, 3.63) is 48.6 Å². The SMILES string of the molecule is C=CCOC(=O)C[C@@H](N)Cc1ccccc1. The van der Waals surface area contributed by atoms with E-state index < -0.39 is 0 Å². The number of ether oxygens (including phenoxy) is 1. The summed E-state index contributed by atoms with van der Waals surface area (Å²) in [7, 11) is 0. The van der Waals surface area contributed by atoms with Crippen molar-refractivity contribution in [1.29, 1.82) is 0 Å². The largest absolute Gasteiger partial charge is 0.461 e. The molecule has 0 saturated carbocycles. The van der Waals surface area contributed by atoms with Crippen LogP contribution in [0.1, 0.15) is 12.0 Å². The summed E-state index contributed by atoms with van der Waals surface area (Å²) < 4.78 is 4.86. The fourth-order valence-electron chi connectivity index (χ4n) is 1.41. The molecule has 3 heteroatoms. The van der Waals surface area contributed by atoms with Crippen molar-refractivity contribution in [3.8, 4) is 0 Å². The Balaban J connectivity index is 2.33. The Morgan fingerprint density at radius 2 is 2.12 bits per heavy atom. The molecule has 0 spiro atoms. The molecular weight excluding hydrogens is 202 g/mol. The van der Waals surface area contributed by atoms with Crippen LogP contribution in [0.15, 0.2) is 43.0 Å². The molecule has 2 N–H and O–H groups in total. The first-order chi connectivity index (χ1) is 7.72. The van der Waals surface area contributed by atoms with Crippen LogP contribution in [0.25, 0.3) is 0 Å². The molecule has 1 aromatic rings. The van der Waals surface area contributed by atoms with Gasteiger partial charge in [0.15, 0.2) is 0 Å². The van der Waals surface area contributed by atoms with Crippen molar-refractivity contribution in [2.45, 2.75) is 18.9 Å². The summed E-state index contributed by atoms with van der Waals surface area (Å²) in [4.78, 5) is 11.3. The van der Waals surface area contributed by atoms with Crippen LogP contribution in [-0.2, 0) is 16.0 Å². The predicted molar refractivity (Wildman–Crippen MR) is 63.9 cm³/mol. The third-order valence-corrected chi connectivity index (χ3v) is 2.13. The van der Waals surface area contributed by atoms with E-state index in [1.54, 1.807) is 6.08 Å². The highest BCUT2D eigenvalue weighted by Crippen LogP contribution is 2.04. The van der Waals surface area contributed by atoms with Gasteiger partial charge < -0.3 is 10.5 Å². The minimum Gasteiger partial charge on any atom is -0.461 e. The number of carbonyl (C=O) groups excluding carboxylic acids is 1. The average Bonchev–Trinajstić information content (AvgIpc) is 2.27. The van der Waals surface area contributed by atoms with Gasteiger partial charge in [0.05, 0.1) is 6.42 Å². The first-order valence-corrected chi connectivity index (χ1v) is 5.28.